The Kier molecular flexibility index (Phi) is 12.2. The van der Waals surface area contributed by atoms with E-state index in [0.717, 1.165) is 77.2 Å². The Morgan fingerprint density at radius 1 is 0.629 bits per heavy atom. The number of benzene rings is 2. The predicted molar refractivity (Wildman–Crippen MR) is 243 cm³/mol. The van der Waals surface area contributed by atoms with Crippen molar-refractivity contribution in [2.24, 2.45) is 23.7 Å². The average Bonchev–Trinajstić information content (AvgIpc) is 4.11. The van der Waals surface area contributed by atoms with Crippen molar-refractivity contribution in [3.63, 3.8) is 0 Å². The number of imidazole rings is 2. The molecule has 62 heavy (non-hydrogen) atoms. The number of hydrogen-bond donors (Lipinski definition) is 4. The fourth-order valence-electron chi connectivity index (χ4n) is 8.77. The van der Waals surface area contributed by atoms with E-state index in [1.165, 1.54) is 14.2 Å². The number of aromatic nitrogens is 4. The van der Waals surface area contributed by atoms with E-state index in [9.17, 15) is 19.2 Å². The largest absolute Gasteiger partial charge is 0.453 e. The number of carbonyl (C=O) groups excluding carboxylic acids is 4. The van der Waals surface area contributed by atoms with E-state index >= 15 is 0 Å². The van der Waals surface area contributed by atoms with Crippen LogP contribution in [0.3, 0.4) is 0 Å². The summed E-state index contributed by atoms with van der Waals surface area (Å²) in [6, 6.07) is 19.6. The van der Waals surface area contributed by atoms with Crippen LogP contribution < -0.4 is 10.6 Å². The molecule has 2 aliphatic heterocycles. The van der Waals surface area contributed by atoms with Crippen LogP contribution in [0.25, 0.3) is 52.7 Å². The van der Waals surface area contributed by atoms with Gasteiger partial charge in [-0.2, -0.15) is 0 Å². The molecule has 2 fully saturated rings. The number of aromatic amines is 2. The molecule has 2 saturated heterocycles. The van der Waals surface area contributed by atoms with Crippen LogP contribution in [0, 0.1) is 23.7 Å². The maximum atomic E-state index is 13.7. The van der Waals surface area contributed by atoms with E-state index in [-0.39, 0.29) is 35.7 Å². The minimum atomic E-state index is -0.688. The van der Waals surface area contributed by atoms with E-state index in [2.05, 4.69) is 95.1 Å². The maximum Gasteiger partial charge on any atom is 0.407 e. The van der Waals surface area contributed by atoms with Gasteiger partial charge in [-0.25, -0.2) is 19.6 Å². The lowest BCUT2D eigenvalue weighted by Crippen LogP contribution is -2.51. The van der Waals surface area contributed by atoms with Crippen LogP contribution in [0.4, 0.5) is 9.59 Å². The number of nitrogens with zero attached hydrogens (tertiary/aromatic N) is 4. The molecule has 16 heteroatoms. The number of alkyl carbamates (subject to hydrolysis) is 2. The smallest absolute Gasteiger partial charge is 0.407 e. The van der Waals surface area contributed by atoms with Gasteiger partial charge in [0.15, 0.2) is 0 Å². The number of ether oxygens (including phenoxy) is 2. The first-order chi connectivity index (χ1) is 29.7. The first-order valence-electron chi connectivity index (χ1n) is 21.2. The Hall–Kier alpha value is -5.74. The van der Waals surface area contributed by atoms with Crippen LogP contribution in [-0.2, 0) is 19.1 Å². The number of rotatable bonds is 11. The third-order valence-electron chi connectivity index (χ3n) is 12.1. The Balaban J connectivity index is 0.930. The molecule has 2 aromatic carbocycles. The fraction of sp³-hybridized carbons (Fsp3) is 0.435. The second kappa shape index (κ2) is 17.6. The number of hydrogen-bond acceptors (Lipinski definition) is 10. The fourth-order valence-corrected chi connectivity index (χ4v) is 10.8. The maximum absolute atomic E-state index is 13.7. The highest BCUT2D eigenvalue weighted by atomic mass is 32.1. The van der Waals surface area contributed by atoms with E-state index in [4.69, 9.17) is 19.4 Å². The SMILES string of the molecule is COC(=O)N[C@H](C(=O)N1C[C@@H](C)C[C@H]1c1nc2sc(-c3ccc(-c4ccc(-c5cc6[nH]c([C@@H]7C[C@H](C)CN7C(=O)[C@@H](NC(=O)OC)C(C)C)nc6s5)cc4)cc3)cc2[nH]1)C(C)C. The molecular formula is C46H54N8O6S2. The van der Waals surface area contributed by atoms with E-state index in [0.29, 0.717) is 24.9 Å². The van der Waals surface area contributed by atoms with Gasteiger partial charge in [-0.1, -0.05) is 90.1 Å². The van der Waals surface area contributed by atoms with Crippen molar-refractivity contribution < 1.29 is 28.7 Å². The Morgan fingerprint density at radius 3 is 1.31 bits per heavy atom. The number of carbonyl (C=O) groups is 4. The highest BCUT2D eigenvalue weighted by Crippen LogP contribution is 2.41. The summed E-state index contributed by atoms with van der Waals surface area (Å²) in [6.45, 7) is 13.1. The summed E-state index contributed by atoms with van der Waals surface area (Å²) < 4.78 is 9.58. The minimum absolute atomic E-state index is 0.105. The lowest BCUT2D eigenvalue weighted by atomic mass is 10.0. The molecule has 4 aromatic heterocycles. The average molecular weight is 879 g/mol. The van der Waals surface area contributed by atoms with Gasteiger partial charge in [0.1, 0.15) is 33.4 Å². The second-order valence-corrected chi connectivity index (χ2v) is 19.5. The molecule has 326 valence electrons. The van der Waals surface area contributed by atoms with Crippen molar-refractivity contribution in [3.05, 3.63) is 72.3 Å². The summed E-state index contributed by atoms with van der Waals surface area (Å²) in [5.74, 6) is 1.66. The molecule has 0 radical (unpaired) electrons. The molecule has 0 saturated carbocycles. The lowest BCUT2D eigenvalue weighted by Gasteiger charge is -2.30. The summed E-state index contributed by atoms with van der Waals surface area (Å²) in [4.78, 5) is 76.2. The Labute approximate surface area is 368 Å². The lowest BCUT2D eigenvalue weighted by molar-refractivity contribution is -0.136. The topological polar surface area (TPSA) is 175 Å². The first-order valence-corrected chi connectivity index (χ1v) is 22.8. The van der Waals surface area contributed by atoms with Gasteiger partial charge in [-0.15, -0.1) is 22.7 Å². The van der Waals surface area contributed by atoms with Crippen molar-refractivity contribution in [3.8, 4) is 32.0 Å². The van der Waals surface area contributed by atoms with Crippen LogP contribution in [-0.4, -0.2) is 93.1 Å². The van der Waals surface area contributed by atoms with Crippen molar-refractivity contribution in [1.82, 2.24) is 40.4 Å². The molecule has 8 rings (SSSR count). The first kappa shape index (κ1) is 42.9. The number of amides is 4. The summed E-state index contributed by atoms with van der Waals surface area (Å²) in [5, 5.41) is 5.45. The van der Waals surface area contributed by atoms with Crippen molar-refractivity contribution >= 4 is 67.4 Å². The molecule has 2 aliphatic rings. The molecule has 14 nitrogen and oxygen atoms in total. The quantitative estimate of drug-likeness (QED) is 0.0997. The van der Waals surface area contributed by atoms with Gasteiger partial charge < -0.3 is 39.9 Å². The normalized spacial score (nSPS) is 20.0. The van der Waals surface area contributed by atoms with Gasteiger partial charge in [0, 0.05) is 22.8 Å². The van der Waals surface area contributed by atoms with E-state index in [1.54, 1.807) is 22.7 Å². The highest BCUT2D eigenvalue weighted by molar-refractivity contribution is 7.22. The number of likely N-dealkylation sites (tertiary alicyclic amines) is 2. The Bertz CT molecular complexity index is 2350. The number of fused-ring (bicyclic) bond motifs is 2. The van der Waals surface area contributed by atoms with Crippen LogP contribution >= 0.6 is 22.7 Å². The number of methoxy groups -OCH3 is 2. The summed E-state index contributed by atoms with van der Waals surface area (Å²) in [7, 11) is 2.60. The molecule has 4 amide bonds. The van der Waals surface area contributed by atoms with Crippen molar-refractivity contribution in [2.75, 3.05) is 27.3 Å². The van der Waals surface area contributed by atoms with E-state index in [1.807, 2.05) is 37.5 Å². The van der Waals surface area contributed by atoms with Crippen LogP contribution in [0.5, 0.6) is 0 Å². The second-order valence-electron chi connectivity index (χ2n) is 17.5. The van der Waals surface area contributed by atoms with E-state index < -0.39 is 24.3 Å². The third-order valence-corrected chi connectivity index (χ3v) is 14.2. The predicted octanol–water partition coefficient (Wildman–Crippen LogP) is 9.14. The van der Waals surface area contributed by atoms with Gasteiger partial charge in [0.25, 0.3) is 0 Å². The van der Waals surface area contributed by atoms with Crippen molar-refractivity contribution in [1.29, 1.82) is 0 Å². The highest BCUT2D eigenvalue weighted by Gasteiger charge is 2.42. The van der Waals surface area contributed by atoms with Gasteiger partial charge in [-0.05, 0) is 70.9 Å². The molecule has 0 bridgehead atoms. The summed E-state index contributed by atoms with van der Waals surface area (Å²) in [5.41, 5.74) is 6.29. The molecule has 6 atom stereocenters. The molecular weight excluding hydrogens is 825 g/mol. The van der Waals surface area contributed by atoms with Gasteiger partial charge in [-0.3, -0.25) is 9.59 Å². The number of H-pyrrole nitrogens is 2. The van der Waals surface area contributed by atoms with Crippen LogP contribution in [0.1, 0.15) is 78.1 Å². The van der Waals surface area contributed by atoms with Crippen molar-refractivity contribution in [2.45, 2.75) is 78.6 Å². The Morgan fingerprint density at radius 2 is 0.984 bits per heavy atom. The molecule has 0 spiro atoms. The zero-order valence-corrected chi connectivity index (χ0v) is 37.9. The summed E-state index contributed by atoms with van der Waals surface area (Å²) in [6.07, 6.45) is 0.340. The monoisotopic (exact) mass is 878 g/mol. The molecule has 4 N–H and O–H groups in total. The molecule has 0 unspecified atom stereocenters. The molecule has 0 aliphatic carbocycles. The summed E-state index contributed by atoms with van der Waals surface area (Å²) >= 11 is 3.24. The zero-order valence-electron chi connectivity index (χ0n) is 36.3. The van der Waals surface area contributed by atoms with Gasteiger partial charge >= 0.3 is 12.2 Å². The number of nitrogens with one attached hydrogen (secondary N) is 4. The number of thiophene rings is 2. The standard InChI is InChI=1S/C46H54N8O6S2/c1-23(2)37(49-45(57)59-7)43(55)53-21-25(5)17-33(53)39-47-31-19-35(61-41(31)51-39)29-13-9-27(10-14-29)28-11-15-30(16-12-28)36-20-32-42(62-36)52-40(48-32)34-18-26(6)22-54(34)44(56)38(24(3)4)50-46(58)60-8/h9-16,19-20,23-26,33-34,37-38H,17-18,21-22H2,1-8H3,(H,47,51)(H,48,52)(H,49,57)(H,50,58)/t25-,26-,33-,34-,37-,38-/m0/s1. The third kappa shape index (κ3) is 8.54. The van der Waals surface area contributed by atoms with Gasteiger partial charge in [0.2, 0.25) is 11.8 Å². The molecule has 6 heterocycles. The van der Waals surface area contributed by atoms with Gasteiger partial charge in [0.05, 0.1) is 37.3 Å². The van der Waals surface area contributed by atoms with Crippen LogP contribution in [0.15, 0.2) is 60.7 Å². The minimum Gasteiger partial charge on any atom is -0.453 e. The van der Waals surface area contributed by atoms with Crippen LogP contribution in [0.2, 0.25) is 0 Å². The molecule has 6 aromatic rings. The zero-order chi connectivity index (χ0) is 44.0.